The first-order chi connectivity index (χ1) is 14.9. The Morgan fingerprint density at radius 3 is 2.48 bits per heavy atom. The SMILES string of the molecule is COc1ccccc1-c1nnc(SCc2nc(C(C)(C)C)no2)n1-c1ccc(Cl)cc1. The molecular formula is C22H22ClN5O2S. The second-order valence-corrected chi connectivity index (χ2v) is 9.25. The van der Waals surface area contributed by atoms with Crippen molar-refractivity contribution >= 4 is 23.4 Å². The molecule has 0 saturated carbocycles. The van der Waals surface area contributed by atoms with Crippen LogP contribution < -0.4 is 4.74 Å². The number of methoxy groups -OCH3 is 1. The maximum atomic E-state index is 6.10. The molecule has 0 unspecified atom stereocenters. The zero-order valence-electron chi connectivity index (χ0n) is 17.7. The van der Waals surface area contributed by atoms with E-state index in [9.17, 15) is 0 Å². The predicted molar refractivity (Wildman–Crippen MR) is 121 cm³/mol. The average molecular weight is 456 g/mol. The summed E-state index contributed by atoms with van der Waals surface area (Å²) in [5.41, 5.74) is 1.55. The largest absolute Gasteiger partial charge is 0.496 e. The molecule has 2 aromatic heterocycles. The molecule has 0 spiro atoms. The standard InChI is InChI=1S/C22H22ClN5O2S/c1-22(2,3)20-24-18(30-27-20)13-31-21-26-25-19(16-7-5-6-8-17(16)29-4)28(21)15-11-9-14(23)10-12-15/h5-12H,13H2,1-4H3. The second kappa shape index (κ2) is 8.72. The fourth-order valence-electron chi connectivity index (χ4n) is 2.93. The van der Waals surface area contributed by atoms with Crippen LogP contribution in [0.25, 0.3) is 17.1 Å². The lowest BCUT2D eigenvalue weighted by molar-refractivity contribution is 0.372. The third kappa shape index (κ3) is 4.60. The molecule has 0 saturated heterocycles. The molecule has 0 aliphatic heterocycles. The molecule has 9 heteroatoms. The van der Waals surface area contributed by atoms with Crippen molar-refractivity contribution in [1.29, 1.82) is 0 Å². The topological polar surface area (TPSA) is 78.9 Å². The summed E-state index contributed by atoms with van der Waals surface area (Å²) in [7, 11) is 1.64. The Hall–Kier alpha value is -2.84. The predicted octanol–water partition coefficient (Wildman–Crippen LogP) is 5.57. The first-order valence-electron chi connectivity index (χ1n) is 9.67. The molecule has 0 radical (unpaired) electrons. The zero-order valence-corrected chi connectivity index (χ0v) is 19.2. The highest BCUT2D eigenvalue weighted by molar-refractivity contribution is 7.98. The van der Waals surface area contributed by atoms with E-state index in [0.29, 0.717) is 39.2 Å². The van der Waals surface area contributed by atoms with Gasteiger partial charge in [0.1, 0.15) is 5.75 Å². The number of rotatable bonds is 6. The van der Waals surface area contributed by atoms with E-state index in [1.54, 1.807) is 7.11 Å². The van der Waals surface area contributed by atoms with Crippen LogP contribution in [0.1, 0.15) is 32.5 Å². The summed E-state index contributed by atoms with van der Waals surface area (Å²) in [6.07, 6.45) is 0. The van der Waals surface area contributed by atoms with E-state index < -0.39 is 0 Å². The maximum absolute atomic E-state index is 6.10. The molecule has 0 amide bonds. The van der Waals surface area contributed by atoms with Gasteiger partial charge in [0, 0.05) is 16.1 Å². The first kappa shape index (κ1) is 21.4. The fraction of sp³-hybridized carbons (Fsp3) is 0.273. The monoisotopic (exact) mass is 455 g/mol. The van der Waals surface area contributed by atoms with Gasteiger partial charge in [-0.25, -0.2) is 0 Å². The molecule has 2 aromatic carbocycles. The number of thioether (sulfide) groups is 1. The summed E-state index contributed by atoms with van der Waals surface area (Å²) in [5.74, 6) is 3.08. The molecule has 0 aliphatic carbocycles. The number of benzene rings is 2. The van der Waals surface area contributed by atoms with Crippen molar-refractivity contribution in [3.05, 3.63) is 65.3 Å². The van der Waals surface area contributed by atoms with Crippen LogP contribution in [0.3, 0.4) is 0 Å². The number of halogens is 1. The van der Waals surface area contributed by atoms with Crippen LogP contribution in [0.15, 0.2) is 58.2 Å². The van der Waals surface area contributed by atoms with Gasteiger partial charge in [-0.3, -0.25) is 4.57 Å². The number of nitrogens with zero attached hydrogens (tertiary/aromatic N) is 5. The Morgan fingerprint density at radius 1 is 1.06 bits per heavy atom. The summed E-state index contributed by atoms with van der Waals surface area (Å²) < 4.78 is 12.9. The van der Waals surface area contributed by atoms with Gasteiger partial charge in [0.05, 0.1) is 18.4 Å². The van der Waals surface area contributed by atoms with E-state index in [-0.39, 0.29) is 5.41 Å². The minimum absolute atomic E-state index is 0.174. The zero-order chi connectivity index (χ0) is 22.0. The summed E-state index contributed by atoms with van der Waals surface area (Å²) >= 11 is 7.58. The Bertz CT molecular complexity index is 1180. The molecule has 0 atom stereocenters. The van der Waals surface area contributed by atoms with Gasteiger partial charge in [0.25, 0.3) is 0 Å². The Kier molecular flexibility index (Phi) is 6.02. The van der Waals surface area contributed by atoms with E-state index in [2.05, 4.69) is 20.3 Å². The minimum atomic E-state index is -0.174. The average Bonchev–Trinajstić information content (AvgIpc) is 3.40. The van der Waals surface area contributed by atoms with Crippen molar-refractivity contribution < 1.29 is 9.26 Å². The van der Waals surface area contributed by atoms with Gasteiger partial charge >= 0.3 is 0 Å². The van der Waals surface area contributed by atoms with Crippen LogP contribution in [0.5, 0.6) is 5.75 Å². The van der Waals surface area contributed by atoms with Gasteiger partial charge in [-0.1, -0.05) is 61.4 Å². The third-order valence-corrected chi connectivity index (χ3v) is 5.70. The highest BCUT2D eigenvalue weighted by Crippen LogP contribution is 2.34. The summed E-state index contributed by atoms with van der Waals surface area (Å²) in [6.45, 7) is 6.14. The van der Waals surface area contributed by atoms with Crippen LogP contribution >= 0.6 is 23.4 Å². The first-order valence-corrected chi connectivity index (χ1v) is 11.0. The van der Waals surface area contributed by atoms with Crippen molar-refractivity contribution in [2.75, 3.05) is 7.11 Å². The van der Waals surface area contributed by atoms with E-state index in [1.165, 1.54) is 11.8 Å². The van der Waals surface area contributed by atoms with Crippen LogP contribution in [-0.4, -0.2) is 32.0 Å². The number of para-hydroxylation sites is 1. The molecule has 2 heterocycles. The lowest BCUT2D eigenvalue weighted by atomic mass is 9.96. The highest BCUT2D eigenvalue weighted by Gasteiger charge is 2.23. The van der Waals surface area contributed by atoms with E-state index in [1.807, 2.05) is 73.9 Å². The molecule has 4 rings (SSSR count). The van der Waals surface area contributed by atoms with Gasteiger partial charge in [0.2, 0.25) is 5.89 Å². The lowest BCUT2D eigenvalue weighted by Gasteiger charge is -2.12. The number of hydrogen-bond acceptors (Lipinski definition) is 7. The normalized spacial score (nSPS) is 11.6. The minimum Gasteiger partial charge on any atom is -0.496 e. The second-order valence-electron chi connectivity index (χ2n) is 7.87. The van der Waals surface area contributed by atoms with E-state index >= 15 is 0 Å². The summed E-state index contributed by atoms with van der Waals surface area (Å²) in [4.78, 5) is 4.51. The van der Waals surface area contributed by atoms with Crippen LogP contribution in [0.2, 0.25) is 5.02 Å². The summed E-state index contributed by atoms with van der Waals surface area (Å²) in [6, 6.07) is 15.3. The number of hydrogen-bond donors (Lipinski definition) is 0. The van der Waals surface area contributed by atoms with Crippen molar-refractivity contribution in [2.24, 2.45) is 0 Å². The molecule has 31 heavy (non-hydrogen) atoms. The quantitative estimate of drug-likeness (QED) is 0.351. The number of ether oxygens (including phenoxy) is 1. The Balaban J connectivity index is 1.72. The molecule has 0 fully saturated rings. The Labute approximate surface area is 189 Å². The van der Waals surface area contributed by atoms with Gasteiger partial charge in [-0.15, -0.1) is 10.2 Å². The van der Waals surface area contributed by atoms with Crippen LogP contribution in [0.4, 0.5) is 0 Å². The Morgan fingerprint density at radius 2 is 1.81 bits per heavy atom. The van der Waals surface area contributed by atoms with Gasteiger partial charge < -0.3 is 9.26 Å². The van der Waals surface area contributed by atoms with Gasteiger partial charge in [-0.2, -0.15) is 4.98 Å². The van der Waals surface area contributed by atoms with Crippen molar-refractivity contribution in [1.82, 2.24) is 24.9 Å². The molecule has 0 aliphatic rings. The molecule has 0 bridgehead atoms. The summed E-state index contributed by atoms with van der Waals surface area (Å²) in [5, 5.41) is 14.3. The van der Waals surface area contributed by atoms with Gasteiger partial charge in [0.15, 0.2) is 16.8 Å². The molecule has 160 valence electrons. The molecule has 0 N–H and O–H groups in total. The molecule has 7 nitrogen and oxygen atoms in total. The van der Waals surface area contributed by atoms with Crippen LogP contribution in [-0.2, 0) is 11.2 Å². The van der Waals surface area contributed by atoms with Gasteiger partial charge in [-0.05, 0) is 36.4 Å². The lowest BCUT2D eigenvalue weighted by Crippen LogP contribution is -2.13. The maximum Gasteiger partial charge on any atom is 0.237 e. The van der Waals surface area contributed by atoms with Crippen molar-refractivity contribution in [2.45, 2.75) is 37.1 Å². The van der Waals surface area contributed by atoms with E-state index in [0.717, 1.165) is 11.3 Å². The van der Waals surface area contributed by atoms with Crippen LogP contribution in [0, 0.1) is 0 Å². The highest BCUT2D eigenvalue weighted by atomic mass is 35.5. The smallest absolute Gasteiger partial charge is 0.237 e. The molecular weight excluding hydrogens is 434 g/mol. The van der Waals surface area contributed by atoms with E-state index in [4.69, 9.17) is 20.9 Å². The van der Waals surface area contributed by atoms with Crippen molar-refractivity contribution in [3.63, 3.8) is 0 Å². The molecule has 4 aromatic rings. The third-order valence-electron chi connectivity index (χ3n) is 4.53. The number of aromatic nitrogens is 5. The fourth-order valence-corrected chi connectivity index (χ4v) is 3.85. The van der Waals surface area contributed by atoms with Crippen molar-refractivity contribution in [3.8, 4) is 22.8 Å².